The predicted molar refractivity (Wildman–Crippen MR) is 98.7 cm³/mol. The van der Waals surface area contributed by atoms with Crippen molar-refractivity contribution in [1.29, 1.82) is 0 Å². The van der Waals surface area contributed by atoms with Crippen LogP contribution in [0, 0.1) is 5.41 Å². The van der Waals surface area contributed by atoms with Gasteiger partial charge >= 0.3 is 0 Å². The van der Waals surface area contributed by atoms with Crippen molar-refractivity contribution in [2.75, 3.05) is 50.9 Å². The summed E-state index contributed by atoms with van der Waals surface area (Å²) in [6.45, 7) is 6.79. The normalized spacial score (nSPS) is 27.5. The fourth-order valence-corrected chi connectivity index (χ4v) is 4.48. The molecule has 8 nitrogen and oxygen atoms in total. The van der Waals surface area contributed by atoms with Gasteiger partial charge in [0.15, 0.2) is 0 Å². The molecule has 3 fully saturated rings. The van der Waals surface area contributed by atoms with Gasteiger partial charge in [-0.05, 0) is 19.8 Å². The van der Waals surface area contributed by atoms with Crippen LogP contribution in [-0.4, -0.2) is 84.1 Å². The molecule has 1 aromatic rings. The maximum atomic E-state index is 12.8. The lowest BCUT2D eigenvalue weighted by Crippen LogP contribution is -2.62. The lowest BCUT2D eigenvalue weighted by Gasteiger charge is -2.56. The summed E-state index contributed by atoms with van der Waals surface area (Å²) in [6.07, 6.45) is 5.29. The average Bonchev–Trinajstić information content (AvgIpc) is 2.74. The number of morpholine rings is 1. The van der Waals surface area contributed by atoms with E-state index in [0.717, 1.165) is 25.9 Å². The Morgan fingerprint density at radius 1 is 1.26 bits per heavy atom. The van der Waals surface area contributed by atoms with Crippen LogP contribution in [-0.2, 0) is 9.47 Å². The summed E-state index contributed by atoms with van der Waals surface area (Å²) >= 11 is 0. The zero-order valence-electron chi connectivity index (χ0n) is 15.8. The molecule has 0 aromatic carbocycles. The minimum atomic E-state index is -0.317. The van der Waals surface area contributed by atoms with Crippen molar-refractivity contribution in [3.05, 3.63) is 18.0 Å². The zero-order valence-corrected chi connectivity index (χ0v) is 15.8. The molecule has 1 amide bonds. The van der Waals surface area contributed by atoms with Gasteiger partial charge in [-0.2, -0.15) is 0 Å². The molecule has 4 rings (SSSR count). The van der Waals surface area contributed by atoms with Gasteiger partial charge in [-0.3, -0.25) is 4.79 Å². The molecule has 1 aliphatic carbocycles. The molecular formula is C19H28N4O4. The molecular weight excluding hydrogens is 348 g/mol. The summed E-state index contributed by atoms with van der Waals surface area (Å²) in [5.74, 6) is 0.602. The molecule has 1 saturated carbocycles. The van der Waals surface area contributed by atoms with Crippen molar-refractivity contribution in [3.8, 4) is 0 Å². The number of carbonyl (C=O) groups excluding carboxylic acids is 1. The second-order valence-electron chi connectivity index (χ2n) is 7.59. The van der Waals surface area contributed by atoms with Gasteiger partial charge < -0.3 is 24.4 Å². The van der Waals surface area contributed by atoms with Gasteiger partial charge in [0.2, 0.25) is 5.95 Å². The standard InChI is InChI=1S/C19H28N4O4/c1-2-27-16-11-15(24)19(16)3-5-22(6-4-19)17(25)14-12-20-18(21-13-14)23-7-9-26-10-8-23/h12-13,15-16,24H,2-11H2,1H3. The summed E-state index contributed by atoms with van der Waals surface area (Å²) in [5, 5.41) is 10.3. The molecule has 0 radical (unpaired) electrons. The fraction of sp³-hybridized carbons (Fsp3) is 0.737. The number of carbonyl (C=O) groups is 1. The van der Waals surface area contributed by atoms with Gasteiger partial charge in [0, 0.05) is 57.0 Å². The first-order valence-corrected chi connectivity index (χ1v) is 9.88. The van der Waals surface area contributed by atoms with E-state index in [1.54, 1.807) is 12.4 Å². The highest BCUT2D eigenvalue weighted by molar-refractivity contribution is 5.93. The topological polar surface area (TPSA) is 88.0 Å². The zero-order chi connectivity index (χ0) is 18.9. The van der Waals surface area contributed by atoms with Crippen LogP contribution < -0.4 is 4.90 Å². The second kappa shape index (κ2) is 7.69. The number of ether oxygens (including phenoxy) is 2. The summed E-state index contributed by atoms with van der Waals surface area (Å²) in [7, 11) is 0. The Morgan fingerprint density at radius 3 is 2.52 bits per heavy atom. The highest BCUT2D eigenvalue weighted by Crippen LogP contribution is 2.51. The maximum absolute atomic E-state index is 12.8. The number of aromatic nitrogens is 2. The van der Waals surface area contributed by atoms with Crippen molar-refractivity contribution >= 4 is 11.9 Å². The first-order valence-electron chi connectivity index (χ1n) is 9.88. The maximum Gasteiger partial charge on any atom is 0.256 e. The smallest absolute Gasteiger partial charge is 0.256 e. The van der Waals surface area contributed by atoms with E-state index in [9.17, 15) is 9.90 Å². The van der Waals surface area contributed by atoms with Crippen molar-refractivity contribution in [2.24, 2.45) is 5.41 Å². The Morgan fingerprint density at radius 2 is 1.93 bits per heavy atom. The molecule has 2 aliphatic heterocycles. The number of anilines is 1. The van der Waals surface area contributed by atoms with E-state index in [2.05, 4.69) is 14.9 Å². The van der Waals surface area contributed by atoms with Crippen LogP contribution in [0.3, 0.4) is 0 Å². The number of aliphatic hydroxyl groups is 1. The Kier molecular flexibility index (Phi) is 5.29. The van der Waals surface area contributed by atoms with E-state index < -0.39 is 0 Å². The molecule has 2 saturated heterocycles. The number of amides is 1. The lowest BCUT2D eigenvalue weighted by molar-refractivity contribution is -0.207. The molecule has 2 atom stereocenters. The highest BCUT2D eigenvalue weighted by atomic mass is 16.5. The summed E-state index contributed by atoms with van der Waals surface area (Å²) < 4.78 is 11.1. The van der Waals surface area contributed by atoms with Gasteiger partial charge in [-0.15, -0.1) is 0 Å². The van der Waals surface area contributed by atoms with Crippen molar-refractivity contribution < 1.29 is 19.4 Å². The number of aliphatic hydroxyl groups excluding tert-OH is 1. The molecule has 148 valence electrons. The van der Waals surface area contributed by atoms with E-state index in [-0.39, 0.29) is 23.5 Å². The first kappa shape index (κ1) is 18.6. The Balaban J connectivity index is 1.36. The summed E-state index contributed by atoms with van der Waals surface area (Å²) in [4.78, 5) is 25.5. The van der Waals surface area contributed by atoms with E-state index in [4.69, 9.17) is 9.47 Å². The Labute approximate surface area is 159 Å². The minimum Gasteiger partial charge on any atom is -0.392 e. The third-order valence-corrected chi connectivity index (χ3v) is 6.27. The number of likely N-dealkylation sites (tertiary alicyclic amines) is 1. The molecule has 1 spiro atoms. The van der Waals surface area contributed by atoms with Crippen molar-refractivity contribution in [1.82, 2.24) is 14.9 Å². The molecule has 1 aromatic heterocycles. The number of hydrogen-bond donors (Lipinski definition) is 1. The molecule has 1 N–H and O–H groups in total. The Bertz CT molecular complexity index is 652. The average molecular weight is 376 g/mol. The van der Waals surface area contributed by atoms with Gasteiger partial charge in [-0.25, -0.2) is 9.97 Å². The molecule has 27 heavy (non-hydrogen) atoms. The minimum absolute atomic E-state index is 0.0415. The Hall–Kier alpha value is -1.77. The van der Waals surface area contributed by atoms with Gasteiger partial charge in [0.25, 0.3) is 5.91 Å². The highest BCUT2D eigenvalue weighted by Gasteiger charge is 2.56. The van der Waals surface area contributed by atoms with Gasteiger partial charge in [0.1, 0.15) is 0 Å². The molecule has 3 aliphatic rings. The van der Waals surface area contributed by atoms with Crippen LogP contribution in [0.1, 0.15) is 36.5 Å². The number of hydrogen-bond acceptors (Lipinski definition) is 7. The van der Waals surface area contributed by atoms with Gasteiger partial charge in [0.05, 0.1) is 31.0 Å². The summed E-state index contributed by atoms with van der Waals surface area (Å²) in [6, 6.07) is 0. The summed E-state index contributed by atoms with van der Waals surface area (Å²) in [5.41, 5.74) is 0.335. The molecule has 2 unspecified atom stereocenters. The van der Waals surface area contributed by atoms with Crippen LogP contribution in [0.15, 0.2) is 12.4 Å². The number of rotatable bonds is 4. The van der Waals surface area contributed by atoms with Crippen LogP contribution in [0.25, 0.3) is 0 Å². The fourth-order valence-electron chi connectivity index (χ4n) is 4.48. The van der Waals surface area contributed by atoms with Crippen molar-refractivity contribution in [2.45, 2.75) is 38.4 Å². The van der Waals surface area contributed by atoms with E-state index in [0.29, 0.717) is 50.8 Å². The van der Waals surface area contributed by atoms with Crippen LogP contribution >= 0.6 is 0 Å². The van der Waals surface area contributed by atoms with Crippen LogP contribution in [0.2, 0.25) is 0 Å². The molecule has 8 heteroatoms. The monoisotopic (exact) mass is 376 g/mol. The third-order valence-electron chi connectivity index (χ3n) is 6.27. The van der Waals surface area contributed by atoms with E-state index in [1.807, 2.05) is 11.8 Å². The van der Waals surface area contributed by atoms with E-state index >= 15 is 0 Å². The first-order chi connectivity index (χ1) is 13.1. The van der Waals surface area contributed by atoms with Gasteiger partial charge in [-0.1, -0.05) is 0 Å². The van der Waals surface area contributed by atoms with Crippen LogP contribution in [0.5, 0.6) is 0 Å². The number of nitrogens with zero attached hydrogens (tertiary/aromatic N) is 4. The number of piperidine rings is 1. The molecule has 0 bridgehead atoms. The predicted octanol–water partition coefficient (Wildman–Crippen LogP) is 0.705. The molecule has 3 heterocycles. The van der Waals surface area contributed by atoms with Crippen LogP contribution in [0.4, 0.5) is 5.95 Å². The second-order valence-corrected chi connectivity index (χ2v) is 7.59. The SMILES string of the molecule is CCOC1CC(O)C12CCN(C(=O)c1cnc(N3CCOCC3)nc1)CC2. The largest absolute Gasteiger partial charge is 0.392 e. The quantitative estimate of drug-likeness (QED) is 0.828. The van der Waals surface area contributed by atoms with Crippen molar-refractivity contribution in [3.63, 3.8) is 0 Å². The van der Waals surface area contributed by atoms with E-state index in [1.165, 1.54) is 0 Å². The third kappa shape index (κ3) is 3.41. The lowest BCUT2D eigenvalue weighted by atomic mass is 9.58.